The van der Waals surface area contributed by atoms with Crippen LogP contribution >= 0.6 is 0 Å². The minimum absolute atomic E-state index is 0.310. The number of nitrogens with one attached hydrogen (secondary N) is 2. The molecule has 0 spiro atoms. The van der Waals surface area contributed by atoms with Crippen molar-refractivity contribution >= 4 is 11.6 Å². The van der Waals surface area contributed by atoms with Crippen LogP contribution in [0.25, 0.3) is 0 Å². The van der Waals surface area contributed by atoms with Crippen LogP contribution in [0, 0.1) is 0 Å². The fourth-order valence-electron chi connectivity index (χ4n) is 1.77. The van der Waals surface area contributed by atoms with Gasteiger partial charge in [-0.2, -0.15) is 0 Å². The second kappa shape index (κ2) is 6.70. The SMILES string of the molecule is CCCNc1ncnc(NCC(C)(C)O)c1C(C)C. The molecular formula is C14H26N4O. The Morgan fingerprint density at radius 3 is 2.26 bits per heavy atom. The van der Waals surface area contributed by atoms with E-state index in [0.717, 1.165) is 30.2 Å². The Labute approximate surface area is 115 Å². The Kier molecular flexibility index (Phi) is 5.54. The summed E-state index contributed by atoms with van der Waals surface area (Å²) in [7, 11) is 0. The largest absolute Gasteiger partial charge is 0.389 e. The second-order valence-electron chi connectivity index (χ2n) is 5.73. The normalized spacial score (nSPS) is 11.7. The smallest absolute Gasteiger partial charge is 0.135 e. The summed E-state index contributed by atoms with van der Waals surface area (Å²) >= 11 is 0. The number of aliphatic hydroxyl groups is 1. The lowest BCUT2D eigenvalue weighted by Gasteiger charge is -2.22. The van der Waals surface area contributed by atoms with E-state index in [0.29, 0.717) is 12.5 Å². The van der Waals surface area contributed by atoms with Gasteiger partial charge in [0.2, 0.25) is 0 Å². The molecule has 0 aromatic carbocycles. The van der Waals surface area contributed by atoms with Crippen LogP contribution in [0.5, 0.6) is 0 Å². The molecule has 0 aliphatic heterocycles. The molecule has 5 heteroatoms. The van der Waals surface area contributed by atoms with Crippen LogP contribution in [-0.2, 0) is 0 Å². The van der Waals surface area contributed by atoms with Gasteiger partial charge < -0.3 is 15.7 Å². The average Bonchev–Trinajstić information content (AvgIpc) is 2.32. The first-order chi connectivity index (χ1) is 8.85. The molecule has 0 saturated carbocycles. The third-order valence-corrected chi connectivity index (χ3v) is 2.69. The van der Waals surface area contributed by atoms with Crippen molar-refractivity contribution in [3.05, 3.63) is 11.9 Å². The van der Waals surface area contributed by atoms with Gasteiger partial charge in [0, 0.05) is 18.7 Å². The minimum atomic E-state index is -0.768. The third-order valence-electron chi connectivity index (χ3n) is 2.69. The Morgan fingerprint density at radius 2 is 1.79 bits per heavy atom. The molecule has 0 amide bonds. The first kappa shape index (κ1) is 15.7. The first-order valence-corrected chi connectivity index (χ1v) is 6.90. The van der Waals surface area contributed by atoms with Gasteiger partial charge in [-0.05, 0) is 26.2 Å². The van der Waals surface area contributed by atoms with Crippen LogP contribution in [0.1, 0.15) is 52.5 Å². The molecule has 108 valence electrons. The molecule has 0 bridgehead atoms. The van der Waals surface area contributed by atoms with Gasteiger partial charge >= 0.3 is 0 Å². The van der Waals surface area contributed by atoms with Crippen molar-refractivity contribution in [2.24, 2.45) is 0 Å². The summed E-state index contributed by atoms with van der Waals surface area (Å²) in [5.74, 6) is 1.99. The Balaban J connectivity index is 2.96. The van der Waals surface area contributed by atoms with Crippen molar-refractivity contribution in [1.29, 1.82) is 0 Å². The van der Waals surface area contributed by atoms with Crippen LogP contribution in [0.2, 0.25) is 0 Å². The van der Waals surface area contributed by atoms with Crippen molar-refractivity contribution in [2.75, 3.05) is 23.7 Å². The fraction of sp³-hybridized carbons (Fsp3) is 0.714. The van der Waals surface area contributed by atoms with Gasteiger partial charge in [0.1, 0.15) is 18.0 Å². The molecule has 0 aliphatic rings. The number of nitrogens with zero attached hydrogens (tertiary/aromatic N) is 2. The Morgan fingerprint density at radius 1 is 1.21 bits per heavy atom. The monoisotopic (exact) mass is 266 g/mol. The molecule has 5 nitrogen and oxygen atoms in total. The number of rotatable bonds is 7. The van der Waals surface area contributed by atoms with Gasteiger partial charge in [-0.3, -0.25) is 0 Å². The number of anilines is 2. The lowest BCUT2D eigenvalue weighted by molar-refractivity contribution is 0.0944. The molecule has 3 N–H and O–H groups in total. The van der Waals surface area contributed by atoms with Gasteiger partial charge in [-0.25, -0.2) is 9.97 Å². The molecule has 19 heavy (non-hydrogen) atoms. The fourth-order valence-corrected chi connectivity index (χ4v) is 1.77. The molecule has 0 unspecified atom stereocenters. The summed E-state index contributed by atoms with van der Waals surface area (Å²) in [4.78, 5) is 8.62. The molecular weight excluding hydrogens is 240 g/mol. The highest BCUT2D eigenvalue weighted by Gasteiger charge is 2.17. The minimum Gasteiger partial charge on any atom is -0.389 e. The second-order valence-corrected chi connectivity index (χ2v) is 5.73. The molecule has 0 atom stereocenters. The van der Waals surface area contributed by atoms with Crippen LogP contribution < -0.4 is 10.6 Å². The topological polar surface area (TPSA) is 70.1 Å². The zero-order chi connectivity index (χ0) is 14.5. The van der Waals surface area contributed by atoms with E-state index in [1.54, 1.807) is 20.2 Å². The third kappa shape index (κ3) is 5.03. The van der Waals surface area contributed by atoms with E-state index in [4.69, 9.17) is 0 Å². The van der Waals surface area contributed by atoms with Crippen LogP contribution in [0.3, 0.4) is 0 Å². The summed E-state index contributed by atoms with van der Waals surface area (Å²) in [5, 5.41) is 16.3. The summed E-state index contributed by atoms with van der Waals surface area (Å²) in [6.07, 6.45) is 2.60. The molecule has 1 heterocycles. The summed E-state index contributed by atoms with van der Waals surface area (Å²) < 4.78 is 0. The van der Waals surface area contributed by atoms with Crippen LogP contribution in [0.4, 0.5) is 11.6 Å². The van der Waals surface area contributed by atoms with E-state index in [1.165, 1.54) is 0 Å². The maximum absolute atomic E-state index is 9.80. The predicted molar refractivity (Wildman–Crippen MR) is 79.7 cm³/mol. The van der Waals surface area contributed by atoms with Crippen molar-refractivity contribution in [2.45, 2.75) is 52.6 Å². The van der Waals surface area contributed by atoms with Crippen molar-refractivity contribution in [1.82, 2.24) is 9.97 Å². The maximum Gasteiger partial charge on any atom is 0.135 e. The zero-order valence-corrected chi connectivity index (χ0v) is 12.6. The molecule has 0 radical (unpaired) electrons. The van der Waals surface area contributed by atoms with E-state index in [9.17, 15) is 5.11 Å². The van der Waals surface area contributed by atoms with E-state index in [-0.39, 0.29) is 0 Å². The van der Waals surface area contributed by atoms with Gasteiger partial charge in [0.25, 0.3) is 0 Å². The highest BCUT2D eigenvalue weighted by atomic mass is 16.3. The van der Waals surface area contributed by atoms with Crippen molar-refractivity contribution in [3.63, 3.8) is 0 Å². The first-order valence-electron chi connectivity index (χ1n) is 6.90. The number of hydrogen-bond acceptors (Lipinski definition) is 5. The summed E-state index contributed by atoms with van der Waals surface area (Å²) in [5.41, 5.74) is 0.302. The zero-order valence-electron chi connectivity index (χ0n) is 12.6. The summed E-state index contributed by atoms with van der Waals surface area (Å²) in [6, 6.07) is 0. The van der Waals surface area contributed by atoms with Gasteiger partial charge in [-0.1, -0.05) is 20.8 Å². The molecule has 0 aliphatic carbocycles. The molecule has 1 rings (SSSR count). The molecule has 1 aromatic rings. The lowest BCUT2D eigenvalue weighted by atomic mass is 10.0. The van der Waals surface area contributed by atoms with Gasteiger partial charge in [0.15, 0.2) is 0 Å². The van der Waals surface area contributed by atoms with Gasteiger partial charge in [-0.15, -0.1) is 0 Å². The molecule has 0 fully saturated rings. The predicted octanol–water partition coefficient (Wildman–Crippen LogP) is 2.60. The molecule has 1 aromatic heterocycles. The maximum atomic E-state index is 9.80. The van der Waals surface area contributed by atoms with E-state index in [2.05, 4.69) is 41.4 Å². The molecule has 0 saturated heterocycles. The highest BCUT2D eigenvalue weighted by molar-refractivity contribution is 5.59. The average molecular weight is 266 g/mol. The van der Waals surface area contributed by atoms with Crippen molar-refractivity contribution in [3.8, 4) is 0 Å². The number of hydrogen-bond donors (Lipinski definition) is 3. The quantitative estimate of drug-likeness (QED) is 0.707. The lowest BCUT2D eigenvalue weighted by Crippen LogP contribution is -2.30. The van der Waals surface area contributed by atoms with E-state index in [1.807, 2.05) is 0 Å². The van der Waals surface area contributed by atoms with E-state index >= 15 is 0 Å². The summed E-state index contributed by atoms with van der Waals surface area (Å²) in [6.45, 7) is 11.2. The Bertz CT molecular complexity index is 399. The van der Waals surface area contributed by atoms with Crippen LogP contribution in [-0.4, -0.2) is 33.8 Å². The van der Waals surface area contributed by atoms with E-state index < -0.39 is 5.60 Å². The highest BCUT2D eigenvalue weighted by Crippen LogP contribution is 2.28. The van der Waals surface area contributed by atoms with Crippen molar-refractivity contribution < 1.29 is 5.11 Å². The standard InChI is InChI=1S/C14H26N4O/c1-6-7-15-12-11(10(2)3)13(18-9-17-12)16-8-14(4,5)19/h9-10,19H,6-8H2,1-5H3,(H2,15,16,17,18). The number of aromatic nitrogens is 2. The van der Waals surface area contributed by atoms with Crippen LogP contribution in [0.15, 0.2) is 6.33 Å². The Hall–Kier alpha value is -1.36. The van der Waals surface area contributed by atoms with Gasteiger partial charge in [0.05, 0.1) is 5.60 Å².